The summed E-state index contributed by atoms with van der Waals surface area (Å²) in [5, 5.41) is 1.15. The molecule has 0 aliphatic rings. The van der Waals surface area contributed by atoms with Gasteiger partial charge in [0, 0.05) is 14.9 Å². The highest BCUT2D eigenvalue weighted by atomic mass is 79.9. The molecule has 0 bridgehead atoms. The lowest BCUT2D eigenvalue weighted by Crippen LogP contribution is -2.01. The lowest BCUT2D eigenvalue weighted by atomic mass is 10.0. The largest absolute Gasteiger partial charge is 0.494 e. The Labute approximate surface area is 151 Å². The Bertz CT molecular complexity index is 632. The smallest absolute Gasteiger partial charge is 0.123 e. The van der Waals surface area contributed by atoms with Crippen molar-refractivity contribution < 1.29 is 4.74 Å². The number of hydrogen-bond acceptors (Lipinski definition) is 1. The van der Waals surface area contributed by atoms with E-state index >= 15 is 0 Å². The fraction of sp³-hybridized carbons (Fsp3) is 0.250. The van der Waals surface area contributed by atoms with Crippen molar-refractivity contribution >= 4 is 55.1 Å². The second-order valence-electron chi connectivity index (χ2n) is 4.54. The van der Waals surface area contributed by atoms with Crippen molar-refractivity contribution in [1.29, 1.82) is 0 Å². The van der Waals surface area contributed by atoms with Crippen LogP contribution in [0.1, 0.15) is 22.9 Å². The van der Waals surface area contributed by atoms with Gasteiger partial charge in [-0.1, -0.05) is 61.1 Å². The molecule has 0 fully saturated rings. The summed E-state index contributed by atoms with van der Waals surface area (Å²) < 4.78 is 6.72. The highest BCUT2D eigenvalue weighted by Gasteiger charge is 2.15. The van der Waals surface area contributed by atoms with Crippen molar-refractivity contribution in [3.8, 4) is 5.75 Å². The van der Waals surface area contributed by atoms with E-state index in [-0.39, 0.29) is 4.83 Å². The first-order chi connectivity index (χ1) is 10.0. The van der Waals surface area contributed by atoms with Crippen molar-refractivity contribution in [3.63, 3.8) is 0 Å². The predicted octanol–water partition coefficient (Wildman–Crippen LogP) is 6.83. The van der Waals surface area contributed by atoms with Crippen LogP contribution >= 0.6 is 55.1 Å². The van der Waals surface area contributed by atoms with E-state index in [9.17, 15) is 0 Å². The van der Waals surface area contributed by atoms with E-state index in [1.165, 1.54) is 0 Å². The monoisotopic (exact) mass is 450 g/mol. The van der Waals surface area contributed by atoms with Crippen LogP contribution in [-0.4, -0.2) is 6.61 Å². The van der Waals surface area contributed by atoms with Crippen LogP contribution in [0.4, 0.5) is 0 Å². The SMILES string of the molecule is CCOc1ccc(Br)cc1C(Br)Cc1ccc(Cl)c(Cl)c1. The molecule has 0 saturated carbocycles. The summed E-state index contributed by atoms with van der Waals surface area (Å²) in [5.74, 6) is 0.891. The Kier molecular flexibility index (Phi) is 6.42. The molecule has 0 heterocycles. The first-order valence-corrected chi connectivity index (χ1v) is 8.98. The standard InChI is InChI=1S/C16H14Br2Cl2O/c1-2-21-16-6-4-11(17)9-12(16)13(18)7-10-3-5-14(19)15(20)8-10/h3-6,8-9,13H,2,7H2,1H3. The fourth-order valence-electron chi connectivity index (χ4n) is 2.03. The molecular formula is C16H14Br2Cl2O. The third kappa shape index (κ3) is 4.62. The molecule has 2 rings (SSSR count). The number of rotatable bonds is 5. The fourth-order valence-corrected chi connectivity index (χ4v) is 3.47. The minimum absolute atomic E-state index is 0.133. The molecule has 112 valence electrons. The molecule has 1 atom stereocenters. The van der Waals surface area contributed by atoms with Gasteiger partial charge in [0.25, 0.3) is 0 Å². The zero-order chi connectivity index (χ0) is 15.4. The van der Waals surface area contributed by atoms with Gasteiger partial charge in [0.2, 0.25) is 0 Å². The van der Waals surface area contributed by atoms with Crippen LogP contribution in [0.3, 0.4) is 0 Å². The Morgan fingerprint density at radius 1 is 1.10 bits per heavy atom. The maximum Gasteiger partial charge on any atom is 0.123 e. The van der Waals surface area contributed by atoms with E-state index in [1.54, 1.807) is 0 Å². The van der Waals surface area contributed by atoms with Gasteiger partial charge in [0.15, 0.2) is 0 Å². The van der Waals surface area contributed by atoms with Gasteiger partial charge >= 0.3 is 0 Å². The first kappa shape index (κ1) is 17.1. The van der Waals surface area contributed by atoms with E-state index < -0.39 is 0 Å². The van der Waals surface area contributed by atoms with Gasteiger partial charge in [0.05, 0.1) is 16.7 Å². The van der Waals surface area contributed by atoms with Crippen molar-refractivity contribution in [2.45, 2.75) is 18.2 Å². The van der Waals surface area contributed by atoms with Gasteiger partial charge in [-0.05, 0) is 49.2 Å². The minimum atomic E-state index is 0.133. The highest BCUT2D eigenvalue weighted by Crippen LogP contribution is 2.36. The van der Waals surface area contributed by atoms with Crippen molar-refractivity contribution in [2.24, 2.45) is 0 Å². The maximum atomic E-state index is 6.07. The summed E-state index contributed by atoms with van der Waals surface area (Å²) in [5.41, 5.74) is 2.23. The average molecular weight is 453 g/mol. The Balaban J connectivity index is 2.24. The molecule has 0 aliphatic heterocycles. The molecule has 2 aromatic carbocycles. The van der Waals surface area contributed by atoms with Crippen LogP contribution in [-0.2, 0) is 6.42 Å². The molecule has 0 spiro atoms. The summed E-state index contributed by atoms with van der Waals surface area (Å²) in [6.07, 6.45) is 0.799. The van der Waals surface area contributed by atoms with Gasteiger partial charge in [-0.3, -0.25) is 0 Å². The second kappa shape index (κ2) is 7.87. The summed E-state index contributed by atoms with van der Waals surface area (Å²) in [7, 11) is 0. The predicted molar refractivity (Wildman–Crippen MR) is 97.1 cm³/mol. The molecule has 0 amide bonds. The minimum Gasteiger partial charge on any atom is -0.494 e. The summed E-state index contributed by atoms with van der Waals surface area (Å²) in [6, 6.07) is 11.7. The van der Waals surface area contributed by atoms with Crippen LogP contribution in [0.15, 0.2) is 40.9 Å². The third-order valence-corrected chi connectivity index (χ3v) is 5.06. The van der Waals surface area contributed by atoms with Crippen LogP contribution in [0, 0.1) is 0 Å². The molecule has 0 saturated heterocycles. The van der Waals surface area contributed by atoms with E-state index in [1.807, 2.05) is 37.3 Å². The number of benzene rings is 2. The second-order valence-corrected chi connectivity index (χ2v) is 7.37. The number of ether oxygens (including phenoxy) is 1. The lowest BCUT2D eigenvalue weighted by molar-refractivity contribution is 0.336. The van der Waals surface area contributed by atoms with Gasteiger partial charge in [-0.15, -0.1) is 0 Å². The van der Waals surface area contributed by atoms with E-state index in [2.05, 4.69) is 37.9 Å². The zero-order valence-electron chi connectivity index (χ0n) is 11.4. The van der Waals surface area contributed by atoms with Gasteiger partial charge in [-0.2, -0.15) is 0 Å². The third-order valence-electron chi connectivity index (χ3n) is 3.01. The number of hydrogen-bond donors (Lipinski definition) is 0. The molecule has 0 radical (unpaired) electrons. The summed E-state index contributed by atoms with van der Waals surface area (Å²) in [6.45, 7) is 2.62. The topological polar surface area (TPSA) is 9.23 Å². The molecule has 2 aromatic rings. The molecule has 1 nitrogen and oxygen atoms in total. The first-order valence-electron chi connectivity index (χ1n) is 6.51. The quantitative estimate of drug-likeness (QED) is 0.451. The lowest BCUT2D eigenvalue weighted by Gasteiger charge is -2.16. The van der Waals surface area contributed by atoms with Crippen LogP contribution in [0.2, 0.25) is 10.0 Å². The van der Waals surface area contributed by atoms with Crippen molar-refractivity contribution in [1.82, 2.24) is 0 Å². The average Bonchev–Trinajstić information content (AvgIpc) is 2.45. The van der Waals surface area contributed by atoms with Crippen LogP contribution in [0.5, 0.6) is 5.75 Å². The van der Waals surface area contributed by atoms with E-state index in [4.69, 9.17) is 27.9 Å². The Hall–Kier alpha value is -0.220. The molecule has 0 N–H and O–H groups in total. The van der Waals surface area contributed by atoms with Gasteiger partial charge in [0.1, 0.15) is 5.75 Å². The van der Waals surface area contributed by atoms with E-state index in [0.717, 1.165) is 27.8 Å². The summed E-state index contributed by atoms with van der Waals surface area (Å²) in [4.78, 5) is 0.133. The van der Waals surface area contributed by atoms with Crippen molar-refractivity contribution in [2.75, 3.05) is 6.61 Å². The van der Waals surface area contributed by atoms with Crippen molar-refractivity contribution in [3.05, 3.63) is 62.0 Å². The normalized spacial score (nSPS) is 12.2. The van der Waals surface area contributed by atoms with Gasteiger partial charge < -0.3 is 4.74 Å². The summed E-state index contributed by atoms with van der Waals surface area (Å²) >= 11 is 19.3. The molecule has 5 heteroatoms. The Morgan fingerprint density at radius 3 is 2.52 bits per heavy atom. The molecule has 1 unspecified atom stereocenters. The maximum absolute atomic E-state index is 6.07. The van der Waals surface area contributed by atoms with E-state index in [0.29, 0.717) is 16.7 Å². The number of alkyl halides is 1. The molecule has 0 aliphatic carbocycles. The highest BCUT2D eigenvalue weighted by molar-refractivity contribution is 9.10. The molecular weight excluding hydrogens is 439 g/mol. The zero-order valence-corrected chi connectivity index (χ0v) is 16.1. The molecule has 0 aromatic heterocycles. The molecule has 21 heavy (non-hydrogen) atoms. The Morgan fingerprint density at radius 2 is 1.86 bits per heavy atom. The van der Waals surface area contributed by atoms with Crippen LogP contribution in [0.25, 0.3) is 0 Å². The number of halogens is 4. The van der Waals surface area contributed by atoms with Gasteiger partial charge in [-0.25, -0.2) is 0 Å². The van der Waals surface area contributed by atoms with Crippen LogP contribution < -0.4 is 4.74 Å².